The molecule has 3 heterocycles. The van der Waals surface area contributed by atoms with E-state index in [1.807, 2.05) is 31.3 Å². The maximum Gasteiger partial charge on any atom is 0.118 e. The number of rotatable bonds is 4. The second-order valence-electron chi connectivity index (χ2n) is 8.21. The molecule has 1 saturated carbocycles. The molecule has 7 heteroatoms. The summed E-state index contributed by atoms with van der Waals surface area (Å²) in [7, 11) is 1.80. The van der Waals surface area contributed by atoms with Gasteiger partial charge in [-0.2, -0.15) is 5.26 Å². The van der Waals surface area contributed by atoms with Gasteiger partial charge in [0.05, 0.1) is 41.0 Å². The Bertz CT molecular complexity index is 1170. The molecule has 2 aromatic heterocycles. The summed E-state index contributed by atoms with van der Waals surface area (Å²) < 4.78 is 7.99. The van der Waals surface area contributed by atoms with Gasteiger partial charge in [-0.3, -0.25) is 4.98 Å². The minimum absolute atomic E-state index is 0.0877. The Morgan fingerprint density at radius 3 is 2.80 bits per heavy atom. The van der Waals surface area contributed by atoms with E-state index in [2.05, 4.69) is 27.2 Å². The second-order valence-corrected chi connectivity index (χ2v) is 8.21. The number of nitrogens with one attached hydrogen (secondary N) is 1. The predicted octanol–water partition coefficient (Wildman–Crippen LogP) is 3.94. The van der Waals surface area contributed by atoms with Crippen LogP contribution in [0.1, 0.15) is 50.0 Å². The molecule has 5 rings (SSSR count). The summed E-state index contributed by atoms with van der Waals surface area (Å²) in [6.45, 7) is 1.95. The molecule has 1 aliphatic heterocycles. The van der Waals surface area contributed by atoms with E-state index < -0.39 is 0 Å². The number of methoxy groups -OCH3 is 1. The van der Waals surface area contributed by atoms with Gasteiger partial charge in [0.2, 0.25) is 0 Å². The van der Waals surface area contributed by atoms with Crippen molar-refractivity contribution in [1.29, 1.82) is 5.26 Å². The first-order chi connectivity index (χ1) is 14.7. The molecule has 154 valence electrons. The Balaban J connectivity index is 1.66. The van der Waals surface area contributed by atoms with Gasteiger partial charge < -0.3 is 14.1 Å². The van der Waals surface area contributed by atoms with Crippen molar-refractivity contribution in [2.24, 2.45) is 0 Å². The van der Waals surface area contributed by atoms with Crippen LogP contribution in [-0.4, -0.2) is 33.8 Å². The molecule has 1 unspecified atom stereocenters. The van der Waals surface area contributed by atoms with E-state index in [0.29, 0.717) is 17.7 Å². The van der Waals surface area contributed by atoms with Gasteiger partial charge in [-0.15, -0.1) is 5.48 Å². The predicted molar refractivity (Wildman–Crippen MR) is 114 cm³/mol. The van der Waals surface area contributed by atoms with Crippen LogP contribution in [0.3, 0.4) is 0 Å². The summed E-state index contributed by atoms with van der Waals surface area (Å²) in [5.74, 6) is 1.91. The zero-order chi connectivity index (χ0) is 20.7. The molecule has 7 nitrogen and oxygen atoms in total. The number of hydroxylamine groups is 1. The van der Waals surface area contributed by atoms with Gasteiger partial charge in [0.15, 0.2) is 0 Å². The number of nitrogens with zero attached hydrogens (tertiary/aromatic N) is 4. The summed E-state index contributed by atoms with van der Waals surface area (Å²) in [6.07, 6.45) is 9.17. The minimum Gasteiger partial charge on any atom is -0.413 e. The van der Waals surface area contributed by atoms with Crippen LogP contribution in [0.2, 0.25) is 0 Å². The fourth-order valence-corrected chi connectivity index (χ4v) is 4.79. The van der Waals surface area contributed by atoms with Crippen molar-refractivity contribution in [1.82, 2.24) is 20.0 Å². The van der Waals surface area contributed by atoms with E-state index in [0.717, 1.165) is 65.6 Å². The first kappa shape index (κ1) is 19.0. The highest BCUT2D eigenvalue weighted by Crippen LogP contribution is 2.36. The third-order valence-corrected chi connectivity index (χ3v) is 6.27. The smallest absolute Gasteiger partial charge is 0.118 e. The highest BCUT2D eigenvalue weighted by Gasteiger charge is 2.28. The number of aromatic nitrogens is 3. The number of ether oxygens (including phenoxy) is 1. The van der Waals surface area contributed by atoms with Crippen LogP contribution in [0, 0.1) is 11.3 Å². The Hall–Kier alpha value is -2.95. The second kappa shape index (κ2) is 7.71. The first-order valence-electron chi connectivity index (χ1n) is 10.5. The average molecular weight is 403 g/mol. The SMILES string of the molecule is COC1CCC(n2c(CC3C=C(C)ON3)nc3cnc4ccc(C#N)cc4c32)CC1. The lowest BCUT2D eigenvalue weighted by Gasteiger charge is -2.30. The Morgan fingerprint density at radius 2 is 2.10 bits per heavy atom. The topological polar surface area (TPSA) is 85.0 Å². The summed E-state index contributed by atoms with van der Waals surface area (Å²) in [5.41, 5.74) is 6.55. The quantitative estimate of drug-likeness (QED) is 0.710. The number of pyridine rings is 1. The Morgan fingerprint density at radius 1 is 1.27 bits per heavy atom. The molecule has 1 fully saturated rings. The average Bonchev–Trinajstić information content (AvgIpc) is 3.36. The maximum atomic E-state index is 9.43. The van der Waals surface area contributed by atoms with Gasteiger partial charge in [-0.05, 0) is 56.9 Å². The van der Waals surface area contributed by atoms with Crippen molar-refractivity contribution in [3.63, 3.8) is 0 Å². The molecule has 0 radical (unpaired) electrons. The van der Waals surface area contributed by atoms with Gasteiger partial charge in [0, 0.05) is 25.0 Å². The molecule has 1 aromatic carbocycles. The van der Waals surface area contributed by atoms with Crippen LogP contribution in [0.5, 0.6) is 0 Å². The van der Waals surface area contributed by atoms with Gasteiger partial charge in [-0.25, -0.2) is 4.98 Å². The molecule has 0 bridgehead atoms. The number of benzene rings is 1. The van der Waals surface area contributed by atoms with Crippen molar-refractivity contribution >= 4 is 21.9 Å². The van der Waals surface area contributed by atoms with Crippen molar-refractivity contribution in [2.75, 3.05) is 7.11 Å². The van der Waals surface area contributed by atoms with Crippen LogP contribution in [0.25, 0.3) is 21.9 Å². The summed E-state index contributed by atoms with van der Waals surface area (Å²) in [5, 5.41) is 10.4. The monoisotopic (exact) mass is 403 g/mol. The lowest BCUT2D eigenvalue weighted by molar-refractivity contribution is 0.0584. The number of allylic oxidation sites excluding steroid dienone is 1. The van der Waals surface area contributed by atoms with Crippen LogP contribution in [-0.2, 0) is 16.0 Å². The van der Waals surface area contributed by atoms with Crippen molar-refractivity contribution in [3.05, 3.63) is 47.6 Å². The largest absolute Gasteiger partial charge is 0.413 e. The van der Waals surface area contributed by atoms with Crippen molar-refractivity contribution in [3.8, 4) is 6.07 Å². The van der Waals surface area contributed by atoms with Crippen LogP contribution < -0.4 is 5.48 Å². The van der Waals surface area contributed by atoms with Gasteiger partial charge in [-0.1, -0.05) is 0 Å². The lowest BCUT2D eigenvalue weighted by Crippen LogP contribution is -2.27. The van der Waals surface area contributed by atoms with E-state index in [9.17, 15) is 5.26 Å². The highest BCUT2D eigenvalue weighted by atomic mass is 16.7. The lowest BCUT2D eigenvalue weighted by atomic mass is 9.92. The zero-order valence-corrected chi connectivity index (χ0v) is 17.3. The number of imidazole rings is 1. The molecule has 1 N–H and O–H groups in total. The fraction of sp³-hybridized carbons (Fsp3) is 0.435. The number of hydrogen-bond donors (Lipinski definition) is 1. The van der Waals surface area contributed by atoms with Crippen LogP contribution >= 0.6 is 0 Å². The van der Waals surface area contributed by atoms with Crippen LogP contribution in [0.4, 0.5) is 0 Å². The third-order valence-electron chi connectivity index (χ3n) is 6.27. The molecule has 30 heavy (non-hydrogen) atoms. The molecule has 0 amide bonds. The van der Waals surface area contributed by atoms with Gasteiger partial charge >= 0.3 is 0 Å². The van der Waals surface area contributed by atoms with Crippen LogP contribution in [0.15, 0.2) is 36.2 Å². The molecule has 2 aliphatic rings. The normalized spacial score (nSPS) is 24.0. The standard InChI is InChI=1S/C23H25N5O2/c1-14-9-16(27-30-14)11-22-26-21-13-25-20-8-3-15(12-24)10-19(20)23(21)28(22)17-4-6-18(29-2)7-5-17/h3,8-10,13,16-18,27H,4-7,11H2,1-2H3. The summed E-state index contributed by atoms with van der Waals surface area (Å²) >= 11 is 0. The van der Waals surface area contributed by atoms with Gasteiger partial charge in [0.1, 0.15) is 17.1 Å². The molecule has 1 atom stereocenters. The third kappa shape index (κ3) is 3.32. The zero-order valence-electron chi connectivity index (χ0n) is 17.3. The number of fused-ring (bicyclic) bond motifs is 3. The van der Waals surface area contributed by atoms with Gasteiger partial charge in [0.25, 0.3) is 0 Å². The maximum absolute atomic E-state index is 9.43. The Labute approximate surface area is 175 Å². The molecule has 0 spiro atoms. The molecular formula is C23H25N5O2. The van der Waals surface area contributed by atoms with E-state index in [4.69, 9.17) is 14.6 Å². The van der Waals surface area contributed by atoms with E-state index in [1.54, 1.807) is 7.11 Å². The Kier molecular flexibility index (Phi) is 4.89. The van der Waals surface area contributed by atoms with E-state index in [1.165, 1.54) is 0 Å². The minimum atomic E-state index is 0.0877. The number of nitriles is 1. The summed E-state index contributed by atoms with van der Waals surface area (Å²) in [4.78, 5) is 15.0. The fourth-order valence-electron chi connectivity index (χ4n) is 4.79. The molecule has 1 aliphatic carbocycles. The first-order valence-corrected chi connectivity index (χ1v) is 10.5. The number of hydrogen-bond acceptors (Lipinski definition) is 6. The molecule has 0 saturated heterocycles. The van der Waals surface area contributed by atoms with E-state index >= 15 is 0 Å². The van der Waals surface area contributed by atoms with E-state index in [-0.39, 0.29) is 6.04 Å². The molecular weight excluding hydrogens is 378 g/mol. The highest BCUT2D eigenvalue weighted by molar-refractivity contribution is 6.02. The molecule has 3 aromatic rings. The summed E-state index contributed by atoms with van der Waals surface area (Å²) in [6, 6.07) is 8.37. The van der Waals surface area contributed by atoms with Crippen molar-refractivity contribution < 1.29 is 9.57 Å². The van der Waals surface area contributed by atoms with Crippen molar-refractivity contribution in [2.45, 2.75) is 57.2 Å².